The largest absolute Gasteiger partial charge is 0.317 e. The van der Waals surface area contributed by atoms with Crippen LogP contribution in [0, 0.1) is 11.6 Å². The molecule has 0 unspecified atom stereocenters. The van der Waals surface area contributed by atoms with Crippen LogP contribution in [0.3, 0.4) is 0 Å². The van der Waals surface area contributed by atoms with E-state index in [1.807, 2.05) is 30.3 Å². The Bertz CT molecular complexity index is 1230. The van der Waals surface area contributed by atoms with E-state index in [1.54, 1.807) is 17.0 Å². The monoisotopic (exact) mass is 486 g/mol. The molecule has 7 heteroatoms. The molecule has 1 fully saturated rings. The van der Waals surface area contributed by atoms with Gasteiger partial charge in [0, 0.05) is 21.1 Å². The molecule has 5 rings (SSSR count). The standard InChI is InChI=1S/C26H22Cl2F2N2O/c27-17-4-1-3-16(13-17)14-23-26(9-11-31-12-10-26)20-15-18(28)7-8-22(20)32(23)25(33)19-5-2-6-21(29)24(19)30/h1-8,13,15,23,31H,9-12,14H2/t23-/m1/s1. The lowest BCUT2D eigenvalue weighted by molar-refractivity contribution is 0.0959. The first kappa shape index (κ1) is 22.3. The summed E-state index contributed by atoms with van der Waals surface area (Å²) in [4.78, 5) is 15.5. The maximum absolute atomic E-state index is 14.7. The van der Waals surface area contributed by atoms with Crippen LogP contribution in [0.1, 0.15) is 34.3 Å². The minimum absolute atomic E-state index is 0.280. The lowest BCUT2D eigenvalue weighted by atomic mass is 9.68. The van der Waals surface area contributed by atoms with Crippen LogP contribution in [0.5, 0.6) is 0 Å². The van der Waals surface area contributed by atoms with Crippen LogP contribution in [0.15, 0.2) is 60.7 Å². The van der Waals surface area contributed by atoms with Gasteiger partial charge >= 0.3 is 0 Å². The number of piperidine rings is 1. The summed E-state index contributed by atoms with van der Waals surface area (Å²) in [6.45, 7) is 1.57. The Morgan fingerprint density at radius 3 is 2.48 bits per heavy atom. The maximum Gasteiger partial charge on any atom is 0.261 e. The Balaban J connectivity index is 1.69. The Morgan fingerprint density at radius 2 is 1.73 bits per heavy atom. The number of rotatable bonds is 3. The number of anilines is 1. The summed E-state index contributed by atoms with van der Waals surface area (Å²) in [5.41, 5.74) is 2.00. The number of benzene rings is 3. The first-order valence-corrected chi connectivity index (χ1v) is 11.7. The van der Waals surface area contributed by atoms with Gasteiger partial charge in [-0.05, 0) is 85.9 Å². The molecule has 2 aliphatic rings. The highest BCUT2D eigenvalue weighted by Gasteiger charge is 2.53. The van der Waals surface area contributed by atoms with E-state index >= 15 is 0 Å². The number of carbonyl (C=O) groups is 1. The smallest absolute Gasteiger partial charge is 0.261 e. The quantitative estimate of drug-likeness (QED) is 0.480. The summed E-state index contributed by atoms with van der Waals surface area (Å²) in [6, 6.07) is 16.4. The molecule has 1 saturated heterocycles. The summed E-state index contributed by atoms with van der Waals surface area (Å²) < 4.78 is 28.7. The summed E-state index contributed by atoms with van der Waals surface area (Å²) >= 11 is 12.6. The lowest BCUT2D eigenvalue weighted by Gasteiger charge is -2.42. The predicted octanol–water partition coefficient (Wildman–Crippen LogP) is 6.16. The summed E-state index contributed by atoms with van der Waals surface area (Å²) in [5.74, 6) is -2.73. The fourth-order valence-electron chi connectivity index (χ4n) is 5.41. The highest BCUT2D eigenvalue weighted by atomic mass is 35.5. The lowest BCUT2D eigenvalue weighted by Crippen LogP contribution is -2.53. The van der Waals surface area contributed by atoms with Crippen molar-refractivity contribution in [1.82, 2.24) is 5.32 Å². The van der Waals surface area contributed by atoms with E-state index in [-0.39, 0.29) is 17.0 Å². The molecule has 2 heterocycles. The molecule has 1 atom stereocenters. The van der Waals surface area contributed by atoms with Crippen LogP contribution in [0.4, 0.5) is 14.5 Å². The van der Waals surface area contributed by atoms with Gasteiger partial charge in [-0.1, -0.05) is 41.4 Å². The molecule has 1 spiro atoms. The normalized spacial score (nSPS) is 19.0. The third-order valence-electron chi connectivity index (χ3n) is 6.92. The van der Waals surface area contributed by atoms with E-state index in [2.05, 4.69) is 5.32 Å². The Kier molecular flexibility index (Phi) is 5.89. The third-order valence-corrected chi connectivity index (χ3v) is 7.39. The summed E-state index contributed by atoms with van der Waals surface area (Å²) in [5, 5.41) is 4.59. The van der Waals surface area contributed by atoms with Crippen molar-refractivity contribution in [3.8, 4) is 0 Å². The number of amides is 1. The molecule has 3 aromatic carbocycles. The molecule has 2 aliphatic heterocycles. The number of nitrogens with zero attached hydrogens (tertiary/aromatic N) is 1. The van der Waals surface area contributed by atoms with E-state index in [0.717, 1.165) is 43.1 Å². The van der Waals surface area contributed by atoms with Gasteiger partial charge in [0.15, 0.2) is 11.6 Å². The third kappa shape index (κ3) is 3.82. The second kappa shape index (κ2) is 8.71. The first-order chi connectivity index (χ1) is 15.9. The first-order valence-electron chi connectivity index (χ1n) is 10.9. The zero-order valence-corrected chi connectivity index (χ0v) is 19.3. The van der Waals surface area contributed by atoms with Gasteiger partial charge in [-0.15, -0.1) is 0 Å². The second-order valence-corrected chi connectivity index (χ2v) is 9.57. The van der Waals surface area contributed by atoms with Gasteiger partial charge in [-0.25, -0.2) is 8.78 Å². The number of halogens is 4. The number of carbonyl (C=O) groups excluding carboxylic acids is 1. The average Bonchev–Trinajstić information content (AvgIpc) is 3.04. The minimum atomic E-state index is -1.13. The van der Waals surface area contributed by atoms with Crippen LogP contribution < -0.4 is 10.2 Å². The number of nitrogens with one attached hydrogen (secondary N) is 1. The molecule has 0 aliphatic carbocycles. The maximum atomic E-state index is 14.7. The molecular weight excluding hydrogens is 465 g/mol. The van der Waals surface area contributed by atoms with Gasteiger partial charge in [-0.3, -0.25) is 4.79 Å². The molecule has 170 valence electrons. The zero-order chi connectivity index (χ0) is 23.2. The Labute approximate surface area is 201 Å². The fourth-order valence-corrected chi connectivity index (χ4v) is 5.80. The van der Waals surface area contributed by atoms with E-state index in [9.17, 15) is 13.6 Å². The number of hydrogen-bond acceptors (Lipinski definition) is 2. The average molecular weight is 487 g/mol. The van der Waals surface area contributed by atoms with Crippen molar-refractivity contribution in [1.29, 1.82) is 0 Å². The molecule has 1 amide bonds. The van der Waals surface area contributed by atoms with Crippen LogP contribution in [-0.4, -0.2) is 25.0 Å². The SMILES string of the molecule is O=C(c1cccc(F)c1F)N1c2ccc(Cl)cc2C2(CCNCC2)[C@H]1Cc1cccc(Cl)c1. The predicted molar refractivity (Wildman–Crippen MR) is 127 cm³/mol. The Morgan fingerprint density at radius 1 is 1.00 bits per heavy atom. The van der Waals surface area contributed by atoms with E-state index in [1.165, 1.54) is 12.1 Å². The van der Waals surface area contributed by atoms with Gasteiger partial charge in [0.2, 0.25) is 0 Å². The summed E-state index contributed by atoms with van der Waals surface area (Å²) in [7, 11) is 0. The topological polar surface area (TPSA) is 32.3 Å². The van der Waals surface area contributed by atoms with Crippen LogP contribution in [-0.2, 0) is 11.8 Å². The van der Waals surface area contributed by atoms with Crippen LogP contribution in [0.2, 0.25) is 10.0 Å². The summed E-state index contributed by atoms with van der Waals surface area (Å²) in [6.07, 6.45) is 2.11. The molecule has 3 aromatic rings. The number of fused-ring (bicyclic) bond motifs is 2. The van der Waals surface area contributed by atoms with Crippen molar-refractivity contribution in [3.05, 3.63) is 99.0 Å². The Hall–Kier alpha value is -2.47. The minimum Gasteiger partial charge on any atom is -0.317 e. The molecular formula is C26H22Cl2F2N2O. The van der Waals surface area contributed by atoms with Crippen molar-refractivity contribution >= 4 is 34.8 Å². The van der Waals surface area contributed by atoms with Gasteiger partial charge in [0.05, 0.1) is 11.6 Å². The van der Waals surface area contributed by atoms with Crippen molar-refractivity contribution in [2.45, 2.75) is 30.7 Å². The van der Waals surface area contributed by atoms with Crippen LogP contribution >= 0.6 is 23.2 Å². The van der Waals surface area contributed by atoms with Crippen molar-refractivity contribution < 1.29 is 13.6 Å². The van der Waals surface area contributed by atoms with Gasteiger partial charge in [-0.2, -0.15) is 0 Å². The van der Waals surface area contributed by atoms with Crippen molar-refractivity contribution in [3.63, 3.8) is 0 Å². The van der Waals surface area contributed by atoms with E-state index in [4.69, 9.17) is 23.2 Å². The molecule has 0 saturated carbocycles. The number of hydrogen-bond donors (Lipinski definition) is 1. The second-order valence-electron chi connectivity index (χ2n) is 8.69. The molecule has 3 nitrogen and oxygen atoms in total. The van der Waals surface area contributed by atoms with Gasteiger partial charge in [0.1, 0.15) is 0 Å². The molecule has 33 heavy (non-hydrogen) atoms. The molecule has 1 N–H and O–H groups in total. The van der Waals surface area contributed by atoms with E-state index in [0.29, 0.717) is 22.2 Å². The molecule has 0 bridgehead atoms. The van der Waals surface area contributed by atoms with E-state index < -0.39 is 17.5 Å². The highest BCUT2D eigenvalue weighted by molar-refractivity contribution is 6.31. The van der Waals surface area contributed by atoms with Crippen molar-refractivity contribution in [2.75, 3.05) is 18.0 Å². The fraction of sp³-hybridized carbons (Fsp3) is 0.269. The van der Waals surface area contributed by atoms with Gasteiger partial charge < -0.3 is 10.2 Å². The molecule has 0 radical (unpaired) electrons. The van der Waals surface area contributed by atoms with Crippen molar-refractivity contribution in [2.24, 2.45) is 0 Å². The molecule has 0 aromatic heterocycles. The van der Waals surface area contributed by atoms with Gasteiger partial charge in [0.25, 0.3) is 5.91 Å². The highest BCUT2D eigenvalue weighted by Crippen LogP contribution is 2.52. The zero-order valence-electron chi connectivity index (χ0n) is 17.8. The van der Waals surface area contributed by atoms with Crippen LogP contribution in [0.25, 0.3) is 0 Å².